The molecule has 0 bridgehead atoms. The number of halogens is 1. The molecular weight excluding hydrogens is 1050 g/mol. The molecule has 2 atom stereocenters. The molecule has 11 rings (SSSR count). The van der Waals surface area contributed by atoms with Gasteiger partial charge in [-0.25, -0.2) is 14.6 Å². The molecule has 2 fully saturated rings. The van der Waals surface area contributed by atoms with Crippen molar-refractivity contribution in [2.45, 2.75) is 60.4 Å². The zero-order valence-corrected chi connectivity index (χ0v) is 45.1. The van der Waals surface area contributed by atoms with E-state index >= 15 is 4.79 Å². The predicted molar refractivity (Wildman–Crippen MR) is 308 cm³/mol. The number of hydrogen-bond donors (Lipinski definition) is 2. The first-order valence-electron chi connectivity index (χ1n) is 26.1. The summed E-state index contributed by atoms with van der Waals surface area (Å²) >= 11 is 9.13. The largest absolute Gasteiger partial charge is 0.450 e. The van der Waals surface area contributed by atoms with Gasteiger partial charge in [-0.3, -0.25) is 14.5 Å². The number of aromatic nitrogens is 1. The fraction of sp³-hybridized carbons (Fsp3) is 0.188. The molecule has 12 nitrogen and oxygen atoms in total. The highest BCUT2D eigenvalue weighted by atomic mass is 35.5. The quantitative estimate of drug-likeness (QED) is 0.0200. The maximum absolute atomic E-state index is 15.1. The van der Waals surface area contributed by atoms with Crippen LogP contribution in [0.15, 0.2) is 234 Å². The molecule has 79 heavy (non-hydrogen) atoms. The number of esters is 2. The van der Waals surface area contributed by atoms with Crippen molar-refractivity contribution in [3.8, 4) is 0 Å². The number of carbonyl (C=O) groups is 4. The molecule has 15 heteroatoms. The number of carbonyl (C=O) groups excluding carboxylic acids is 4. The third-order valence-corrected chi connectivity index (χ3v) is 16.9. The minimum atomic E-state index is -1.56. The molecule has 0 spiro atoms. The Hall–Kier alpha value is -8.30. The number of ether oxygens (including phenoxy) is 2. The lowest BCUT2D eigenvalue weighted by atomic mass is 9.77. The Balaban J connectivity index is 0.929. The molecule has 1 saturated carbocycles. The van der Waals surface area contributed by atoms with E-state index in [1.54, 1.807) is 5.38 Å². The van der Waals surface area contributed by atoms with Gasteiger partial charge in [-0.05, 0) is 57.4 Å². The van der Waals surface area contributed by atoms with Gasteiger partial charge < -0.3 is 24.9 Å². The SMILES string of the molecule is O=C(OC(c1ccccc1)c1ccccc1)C1=C(CCl)CS[C@@H]2C(NC(=O)/C(=N/OC3(C(=O)OC(c4ccccc4)c4ccccc4)CCCC3)c3csc(NC(c4ccccc4)(c4ccccc4)c4ccccc4)n3)C(=O)N12. The molecule has 2 aliphatic heterocycles. The Bertz CT molecular complexity index is 3300. The van der Waals surface area contributed by atoms with Gasteiger partial charge in [0.15, 0.2) is 23.1 Å². The van der Waals surface area contributed by atoms with Crippen molar-refractivity contribution in [2.24, 2.45) is 5.16 Å². The number of nitrogens with one attached hydrogen (secondary N) is 2. The van der Waals surface area contributed by atoms with Crippen molar-refractivity contribution in [2.75, 3.05) is 16.9 Å². The number of oxime groups is 1. The predicted octanol–water partition coefficient (Wildman–Crippen LogP) is 12.1. The standard InChI is InChI=1S/C64H54ClN5O7S2/c65-40-47-41-78-59-53(58(72)70(59)54(47)60(73)75-55(43-24-8-1-9-25-43)44-26-10-2-11-27-44)67-57(71)52(69-77-63(38-22-23-39-63)61(74)76-56(45-28-12-3-13-29-45)46-30-14-4-15-31-46)51-42-79-62(66-51)68-64(48-32-16-5-17-33-48,49-34-18-6-19-35-49)50-36-20-7-21-37-50/h1-21,24-37,42,53,55-56,59H,22-23,38-41H2,(H,66,68)(H,67,71)/b69-52+/t53?,59-/m1/s1. The number of hydrogen-bond acceptors (Lipinski definition) is 12. The van der Waals surface area contributed by atoms with Gasteiger partial charge >= 0.3 is 11.9 Å². The molecule has 1 aromatic heterocycles. The van der Waals surface area contributed by atoms with Gasteiger partial charge in [0.2, 0.25) is 5.60 Å². The molecule has 2 N–H and O–H groups in total. The number of fused-ring (bicyclic) bond motifs is 1. The Morgan fingerprint density at radius 1 is 0.658 bits per heavy atom. The molecule has 1 unspecified atom stereocenters. The molecular formula is C64H54ClN5O7S2. The van der Waals surface area contributed by atoms with Gasteiger partial charge in [0, 0.05) is 29.9 Å². The lowest BCUT2D eigenvalue weighted by molar-refractivity contribution is -0.176. The first kappa shape index (κ1) is 52.7. The highest BCUT2D eigenvalue weighted by Gasteiger charge is 2.55. The van der Waals surface area contributed by atoms with Crippen LogP contribution < -0.4 is 10.6 Å². The first-order valence-corrected chi connectivity index (χ1v) is 28.5. The third kappa shape index (κ3) is 10.8. The van der Waals surface area contributed by atoms with Crippen molar-refractivity contribution >= 4 is 69.3 Å². The summed E-state index contributed by atoms with van der Waals surface area (Å²) in [5, 5.41) is 12.7. The molecule has 396 valence electrons. The monoisotopic (exact) mass is 1100 g/mol. The molecule has 7 aromatic carbocycles. The molecule has 2 amide bonds. The van der Waals surface area contributed by atoms with Gasteiger partial charge in [0.1, 0.15) is 28.3 Å². The first-order chi connectivity index (χ1) is 38.8. The number of amides is 2. The highest BCUT2D eigenvalue weighted by molar-refractivity contribution is 8.00. The van der Waals surface area contributed by atoms with Crippen molar-refractivity contribution < 1.29 is 33.5 Å². The summed E-state index contributed by atoms with van der Waals surface area (Å²) in [5.41, 5.74) is 3.76. The second-order valence-electron chi connectivity index (χ2n) is 19.4. The van der Waals surface area contributed by atoms with Crippen LogP contribution >= 0.6 is 34.7 Å². The maximum atomic E-state index is 15.1. The maximum Gasteiger partial charge on any atom is 0.356 e. The van der Waals surface area contributed by atoms with E-state index in [9.17, 15) is 14.4 Å². The second kappa shape index (κ2) is 23.7. The molecule has 3 aliphatic rings. The Morgan fingerprint density at radius 2 is 1.10 bits per heavy atom. The van der Waals surface area contributed by atoms with E-state index in [4.69, 9.17) is 30.9 Å². The van der Waals surface area contributed by atoms with E-state index in [1.165, 1.54) is 28.0 Å². The third-order valence-electron chi connectivity index (χ3n) is 14.5. The summed E-state index contributed by atoms with van der Waals surface area (Å²) < 4.78 is 12.7. The van der Waals surface area contributed by atoms with Gasteiger partial charge in [-0.15, -0.1) is 34.7 Å². The molecule has 0 radical (unpaired) electrons. The van der Waals surface area contributed by atoms with Crippen LogP contribution in [0.3, 0.4) is 0 Å². The number of nitrogens with zero attached hydrogens (tertiary/aromatic N) is 3. The minimum absolute atomic E-state index is 0.0254. The highest BCUT2D eigenvalue weighted by Crippen LogP contribution is 2.44. The lowest BCUT2D eigenvalue weighted by Gasteiger charge is -2.49. The lowest BCUT2D eigenvalue weighted by Crippen LogP contribution is -2.71. The van der Waals surface area contributed by atoms with E-state index in [0.717, 1.165) is 38.9 Å². The van der Waals surface area contributed by atoms with Crippen LogP contribution in [0.4, 0.5) is 5.13 Å². The number of thioether (sulfide) groups is 1. The van der Waals surface area contributed by atoms with Crippen LogP contribution in [0.5, 0.6) is 0 Å². The van der Waals surface area contributed by atoms with Gasteiger partial charge in [-0.1, -0.05) is 217 Å². The summed E-state index contributed by atoms with van der Waals surface area (Å²) in [7, 11) is 0. The summed E-state index contributed by atoms with van der Waals surface area (Å²) in [6.45, 7) is 0. The number of alkyl halides is 1. The topological polar surface area (TPSA) is 149 Å². The van der Waals surface area contributed by atoms with Gasteiger partial charge in [-0.2, -0.15) is 0 Å². The molecule has 1 aliphatic carbocycles. The fourth-order valence-electron chi connectivity index (χ4n) is 10.5. The van der Waals surface area contributed by atoms with E-state index in [0.29, 0.717) is 29.3 Å². The summed E-state index contributed by atoms with van der Waals surface area (Å²) in [5.74, 6) is -2.40. The van der Waals surface area contributed by atoms with Crippen LogP contribution in [-0.4, -0.2) is 68.0 Å². The van der Waals surface area contributed by atoms with Crippen LogP contribution in [0.2, 0.25) is 0 Å². The van der Waals surface area contributed by atoms with Crippen molar-refractivity contribution in [1.29, 1.82) is 0 Å². The van der Waals surface area contributed by atoms with Crippen molar-refractivity contribution in [3.63, 3.8) is 0 Å². The Morgan fingerprint density at radius 3 is 1.56 bits per heavy atom. The summed E-state index contributed by atoms with van der Waals surface area (Å²) in [6.07, 6.45) is 0.297. The van der Waals surface area contributed by atoms with E-state index < -0.39 is 58.5 Å². The average Bonchev–Trinajstić information content (AvgIpc) is 4.34. The van der Waals surface area contributed by atoms with Gasteiger partial charge in [0.05, 0.1) is 0 Å². The average molecular weight is 1100 g/mol. The zero-order valence-electron chi connectivity index (χ0n) is 42.7. The fourth-order valence-corrected chi connectivity index (χ4v) is 13.0. The van der Waals surface area contributed by atoms with Crippen molar-refractivity contribution in [1.82, 2.24) is 15.2 Å². The minimum Gasteiger partial charge on any atom is -0.450 e. The molecule has 1 saturated heterocycles. The number of anilines is 1. The summed E-state index contributed by atoms with van der Waals surface area (Å²) in [6, 6.07) is 66.8. The van der Waals surface area contributed by atoms with E-state index in [-0.39, 0.29) is 35.8 Å². The molecule has 8 aromatic rings. The molecule has 3 heterocycles. The van der Waals surface area contributed by atoms with E-state index in [1.807, 2.05) is 176 Å². The van der Waals surface area contributed by atoms with Crippen LogP contribution in [0.1, 0.15) is 82.5 Å². The van der Waals surface area contributed by atoms with Gasteiger partial charge in [0.25, 0.3) is 11.8 Å². The number of rotatable bonds is 19. The second-order valence-corrected chi connectivity index (χ2v) is 21.6. The normalized spacial score (nSPS) is 16.9. The number of β-lactam (4-membered cyclic amide) rings is 1. The Kier molecular flexibility index (Phi) is 15.9. The van der Waals surface area contributed by atoms with Crippen LogP contribution in [0.25, 0.3) is 0 Å². The smallest absolute Gasteiger partial charge is 0.356 e. The van der Waals surface area contributed by atoms with E-state index in [2.05, 4.69) is 52.2 Å². The number of benzene rings is 7. The van der Waals surface area contributed by atoms with Crippen LogP contribution in [-0.2, 0) is 39.0 Å². The number of thiazole rings is 1. The summed E-state index contributed by atoms with van der Waals surface area (Å²) in [4.78, 5) is 71.8. The van der Waals surface area contributed by atoms with Crippen molar-refractivity contribution in [3.05, 3.63) is 274 Å². The Labute approximate surface area is 471 Å². The van der Waals surface area contributed by atoms with Crippen LogP contribution in [0, 0.1) is 0 Å². The zero-order chi connectivity index (χ0) is 54.2.